The first-order valence-electron chi connectivity index (χ1n) is 6.86. The maximum atomic E-state index is 10.1. The van der Waals surface area contributed by atoms with Crippen LogP contribution in [0.2, 0.25) is 5.02 Å². The summed E-state index contributed by atoms with van der Waals surface area (Å²) in [6, 6.07) is 9.51. The van der Waals surface area contributed by atoms with Crippen LogP contribution in [0, 0.1) is 11.3 Å². The van der Waals surface area contributed by atoms with E-state index in [1.165, 1.54) is 0 Å². The number of benzene rings is 1. The van der Waals surface area contributed by atoms with Gasteiger partial charge < -0.3 is 15.6 Å². The average Bonchev–Trinajstić information content (AvgIpc) is 2.47. The molecule has 0 radical (unpaired) electrons. The minimum atomic E-state index is -0.658. The summed E-state index contributed by atoms with van der Waals surface area (Å²) in [4.78, 5) is 0. The van der Waals surface area contributed by atoms with Crippen molar-refractivity contribution in [3.05, 3.63) is 57.6 Å². The van der Waals surface area contributed by atoms with Gasteiger partial charge in [-0.25, -0.2) is 0 Å². The number of hydrogen-bond acceptors (Lipinski definition) is 4. The fourth-order valence-electron chi connectivity index (χ4n) is 3.04. The van der Waals surface area contributed by atoms with Gasteiger partial charge in [0.25, 0.3) is 0 Å². The van der Waals surface area contributed by atoms with Crippen molar-refractivity contribution in [1.29, 1.82) is 5.26 Å². The summed E-state index contributed by atoms with van der Waals surface area (Å²) in [6.45, 7) is 0. The lowest BCUT2D eigenvalue weighted by atomic mass is 9.78. The molecular formula is C16H15ClN2O2. The largest absolute Gasteiger partial charge is 0.442 e. The van der Waals surface area contributed by atoms with Gasteiger partial charge in [-0.05, 0) is 42.5 Å². The van der Waals surface area contributed by atoms with Crippen molar-refractivity contribution >= 4 is 11.6 Å². The maximum Gasteiger partial charge on any atom is 0.205 e. The molecule has 1 aromatic carbocycles. The molecule has 0 saturated carbocycles. The number of rotatable bonds is 1. The number of nitrogens with two attached hydrogens (primary N) is 1. The number of ether oxygens (including phenoxy) is 1. The highest BCUT2D eigenvalue weighted by atomic mass is 35.5. The molecule has 2 aliphatic rings. The van der Waals surface area contributed by atoms with Crippen LogP contribution in [0.15, 0.2) is 47.1 Å². The highest BCUT2D eigenvalue weighted by Gasteiger charge is 2.36. The van der Waals surface area contributed by atoms with E-state index >= 15 is 0 Å². The van der Waals surface area contributed by atoms with E-state index in [2.05, 4.69) is 6.07 Å². The Morgan fingerprint density at radius 2 is 2.24 bits per heavy atom. The number of nitriles is 1. The Kier molecular flexibility index (Phi) is 3.62. The molecule has 4 nitrogen and oxygen atoms in total. The minimum Gasteiger partial charge on any atom is -0.442 e. The lowest BCUT2D eigenvalue weighted by molar-refractivity contribution is 0.105. The van der Waals surface area contributed by atoms with E-state index in [1.54, 1.807) is 6.07 Å². The first kappa shape index (κ1) is 14.0. The molecule has 1 heterocycles. The standard InChI is InChI=1S/C16H15ClN2O2/c17-10-4-1-3-9(7-10)14-11-5-2-6-13(20)15(11)21-16(19)12(14)8-18/h1,3-4,7,13-14,20H,2,5-6,19H2. The first-order chi connectivity index (χ1) is 10.1. The van der Waals surface area contributed by atoms with Crippen molar-refractivity contribution < 1.29 is 9.84 Å². The van der Waals surface area contributed by atoms with Crippen molar-refractivity contribution in [2.24, 2.45) is 5.73 Å². The highest BCUT2D eigenvalue weighted by molar-refractivity contribution is 6.30. The molecule has 5 heteroatoms. The van der Waals surface area contributed by atoms with Crippen LogP contribution in [0.1, 0.15) is 30.7 Å². The van der Waals surface area contributed by atoms with Gasteiger partial charge in [0, 0.05) is 10.9 Å². The highest BCUT2D eigenvalue weighted by Crippen LogP contribution is 2.44. The summed E-state index contributed by atoms with van der Waals surface area (Å²) in [5.41, 5.74) is 8.09. The predicted molar refractivity (Wildman–Crippen MR) is 79.0 cm³/mol. The first-order valence-corrected chi connectivity index (χ1v) is 7.23. The fraction of sp³-hybridized carbons (Fsp3) is 0.312. The van der Waals surface area contributed by atoms with E-state index in [0.29, 0.717) is 22.8 Å². The molecule has 3 N–H and O–H groups in total. The summed E-state index contributed by atoms with van der Waals surface area (Å²) < 4.78 is 5.52. The van der Waals surface area contributed by atoms with Crippen LogP contribution in [0.3, 0.4) is 0 Å². The molecule has 2 unspecified atom stereocenters. The van der Waals surface area contributed by atoms with Crippen molar-refractivity contribution in [2.75, 3.05) is 0 Å². The van der Waals surface area contributed by atoms with E-state index in [9.17, 15) is 10.4 Å². The van der Waals surface area contributed by atoms with E-state index in [1.807, 2.05) is 18.2 Å². The molecule has 0 fully saturated rings. The monoisotopic (exact) mass is 302 g/mol. The van der Waals surface area contributed by atoms with Crippen molar-refractivity contribution in [3.63, 3.8) is 0 Å². The maximum absolute atomic E-state index is 10.1. The molecule has 0 saturated heterocycles. The van der Waals surface area contributed by atoms with Crippen molar-refractivity contribution in [3.8, 4) is 6.07 Å². The molecular weight excluding hydrogens is 288 g/mol. The Bertz CT molecular complexity index is 688. The summed E-state index contributed by atoms with van der Waals surface area (Å²) in [5.74, 6) is 0.289. The molecule has 1 aliphatic carbocycles. The molecule has 0 aromatic heterocycles. The van der Waals surface area contributed by atoms with Gasteiger partial charge in [-0.2, -0.15) is 5.26 Å². The summed E-state index contributed by atoms with van der Waals surface area (Å²) in [6.07, 6.45) is 1.63. The third-order valence-electron chi connectivity index (χ3n) is 3.97. The van der Waals surface area contributed by atoms with E-state index in [0.717, 1.165) is 24.0 Å². The van der Waals surface area contributed by atoms with Crippen molar-refractivity contribution in [1.82, 2.24) is 0 Å². The Labute approximate surface area is 128 Å². The van der Waals surface area contributed by atoms with Crippen LogP contribution in [0.25, 0.3) is 0 Å². The molecule has 0 spiro atoms. The molecule has 1 aromatic rings. The Morgan fingerprint density at radius 1 is 1.43 bits per heavy atom. The van der Waals surface area contributed by atoms with Gasteiger partial charge in [-0.3, -0.25) is 0 Å². The zero-order valence-electron chi connectivity index (χ0n) is 11.3. The van der Waals surface area contributed by atoms with Gasteiger partial charge in [-0.1, -0.05) is 23.7 Å². The second kappa shape index (κ2) is 5.44. The van der Waals surface area contributed by atoms with Crippen LogP contribution >= 0.6 is 11.6 Å². The Morgan fingerprint density at radius 3 is 2.95 bits per heavy atom. The SMILES string of the molecule is N#CC1=C(N)OC2=C(CCCC2O)C1c1cccc(Cl)c1. The molecule has 0 bridgehead atoms. The molecule has 1 aliphatic heterocycles. The van der Waals surface area contributed by atoms with Gasteiger partial charge in [0.1, 0.15) is 23.5 Å². The number of hydrogen-bond donors (Lipinski definition) is 2. The number of aliphatic hydroxyl groups excluding tert-OH is 1. The summed E-state index contributed by atoms with van der Waals surface area (Å²) >= 11 is 6.07. The quantitative estimate of drug-likeness (QED) is 0.836. The number of aliphatic hydroxyl groups is 1. The number of halogens is 1. The van der Waals surface area contributed by atoms with E-state index in [-0.39, 0.29) is 11.8 Å². The predicted octanol–water partition coefficient (Wildman–Crippen LogP) is 2.95. The van der Waals surface area contributed by atoms with Gasteiger partial charge in [0.2, 0.25) is 5.88 Å². The second-order valence-electron chi connectivity index (χ2n) is 5.28. The summed E-state index contributed by atoms with van der Waals surface area (Å²) in [5, 5.41) is 20.2. The minimum absolute atomic E-state index is 0.0715. The smallest absolute Gasteiger partial charge is 0.205 e. The third kappa shape index (κ3) is 2.39. The Balaban J connectivity index is 2.16. The second-order valence-corrected chi connectivity index (χ2v) is 5.71. The molecule has 0 amide bonds. The van der Waals surface area contributed by atoms with Gasteiger partial charge in [0.05, 0.1) is 0 Å². The normalized spacial score (nSPS) is 25.2. The van der Waals surface area contributed by atoms with Gasteiger partial charge in [0.15, 0.2) is 0 Å². The van der Waals surface area contributed by atoms with Crippen LogP contribution < -0.4 is 5.73 Å². The third-order valence-corrected chi connectivity index (χ3v) is 4.20. The topological polar surface area (TPSA) is 79.3 Å². The number of nitrogens with zero attached hydrogens (tertiary/aromatic N) is 1. The van der Waals surface area contributed by atoms with Gasteiger partial charge >= 0.3 is 0 Å². The van der Waals surface area contributed by atoms with E-state index < -0.39 is 6.10 Å². The van der Waals surface area contributed by atoms with Crippen LogP contribution in [-0.2, 0) is 4.74 Å². The average molecular weight is 303 g/mol. The molecule has 21 heavy (non-hydrogen) atoms. The van der Waals surface area contributed by atoms with Crippen LogP contribution in [0.5, 0.6) is 0 Å². The van der Waals surface area contributed by atoms with E-state index in [4.69, 9.17) is 22.1 Å². The van der Waals surface area contributed by atoms with Crippen LogP contribution in [-0.4, -0.2) is 11.2 Å². The lowest BCUT2D eigenvalue weighted by Crippen LogP contribution is -2.29. The molecule has 2 atom stereocenters. The Hall–Kier alpha value is -1.96. The zero-order valence-corrected chi connectivity index (χ0v) is 12.1. The zero-order chi connectivity index (χ0) is 15.0. The fourth-order valence-corrected chi connectivity index (χ4v) is 3.24. The van der Waals surface area contributed by atoms with Crippen molar-refractivity contribution in [2.45, 2.75) is 31.3 Å². The van der Waals surface area contributed by atoms with Crippen LogP contribution in [0.4, 0.5) is 0 Å². The molecule has 108 valence electrons. The van der Waals surface area contributed by atoms with Gasteiger partial charge in [-0.15, -0.1) is 0 Å². The summed E-state index contributed by atoms with van der Waals surface area (Å²) in [7, 11) is 0. The number of allylic oxidation sites excluding steroid dienone is 2. The molecule has 3 rings (SSSR count). The lowest BCUT2D eigenvalue weighted by Gasteiger charge is -2.34.